The van der Waals surface area contributed by atoms with E-state index in [1.807, 2.05) is 0 Å². The van der Waals surface area contributed by atoms with E-state index < -0.39 is 5.82 Å². The molecule has 0 aliphatic rings. The number of hydrogen-bond donors (Lipinski definition) is 3. The summed E-state index contributed by atoms with van der Waals surface area (Å²) in [5.74, 6) is -0.940. The Labute approximate surface area is 108 Å². The Balaban J connectivity index is 2.64. The molecule has 0 aliphatic carbocycles. The molecule has 0 saturated heterocycles. The van der Waals surface area contributed by atoms with Crippen LogP contribution in [0, 0.1) is 11.2 Å². The third-order valence-corrected chi connectivity index (χ3v) is 3.03. The fraction of sp³-hybridized carbons (Fsp3) is 0.571. The highest BCUT2D eigenvalue weighted by Crippen LogP contribution is 2.22. The third-order valence-electron chi connectivity index (χ3n) is 3.03. The minimum Gasteiger partial charge on any atom is -0.505 e. The van der Waals surface area contributed by atoms with E-state index in [4.69, 9.17) is 10.2 Å². The van der Waals surface area contributed by atoms with Gasteiger partial charge >= 0.3 is 0 Å². The van der Waals surface area contributed by atoms with Gasteiger partial charge in [0.15, 0.2) is 11.6 Å². The van der Waals surface area contributed by atoms with E-state index in [1.54, 1.807) is 6.07 Å². The van der Waals surface area contributed by atoms with Crippen LogP contribution in [-0.4, -0.2) is 22.9 Å². The minimum absolute atomic E-state index is 0.0260. The number of rotatable bonds is 5. The van der Waals surface area contributed by atoms with Crippen LogP contribution in [0.4, 0.5) is 4.39 Å². The predicted molar refractivity (Wildman–Crippen MR) is 69.9 cm³/mol. The molecule has 1 unspecified atom stereocenters. The number of hydrogen-bond acceptors (Lipinski definition) is 3. The molecule has 0 saturated carbocycles. The van der Waals surface area contributed by atoms with E-state index in [-0.39, 0.29) is 23.8 Å². The SMILES string of the molecule is CC(C)(C)C(CCO)NCc1ccc(O)c(F)c1. The van der Waals surface area contributed by atoms with Crippen molar-refractivity contribution in [3.05, 3.63) is 29.6 Å². The number of aromatic hydroxyl groups is 1. The van der Waals surface area contributed by atoms with Crippen molar-refractivity contribution in [1.82, 2.24) is 5.32 Å². The fourth-order valence-corrected chi connectivity index (χ4v) is 1.87. The second kappa shape index (κ2) is 6.16. The first kappa shape index (κ1) is 14.9. The molecule has 0 spiro atoms. The lowest BCUT2D eigenvalue weighted by atomic mass is 9.85. The summed E-state index contributed by atoms with van der Waals surface area (Å²) in [5.41, 5.74) is 0.801. The standard InChI is InChI=1S/C14H22FNO2/c1-14(2,3)13(6-7-17)16-9-10-4-5-12(18)11(15)8-10/h4-5,8,13,16-18H,6-7,9H2,1-3H3. The molecule has 3 nitrogen and oxygen atoms in total. The minimum atomic E-state index is -0.608. The van der Waals surface area contributed by atoms with Crippen LogP contribution in [0.1, 0.15) is 32.8 Å². The van der Waals surface area contributed by atoms with E-state index in [9.17, 15) is 4.39 Å². The molecule has 3 N–H and O–H groups in total. The van der Waals surface area contributed by atoms with Crippen LogP contribution in [0.3, 0.4) is 0 Å². The molecule has 0 heterocycles. The third kappa shape index (κ3) is 4.27. The molecule has 4 heteroatoms. The second-order valence-corrected chi connectivity index (χ2v) is 5.60. The first-order valence-corrected chi connectivity index (χ1v) is 6.16. The van der Waals surface area contributed by atoms with Crippen molar-refractivity contribution in [2.75, 3.05) is 6.61 Å². The Hall–Kier alpha value is -1.13. The molecule has 18 heavy (non-hydrogen) atoms. The molecule has 0 aliphatic heterocycles. The van der Waals surface area contributed by atoms with Crippen molar-refractivity contribution in [1.29, 1.82) is 0 Å². The molecule has 1 rings (SSSR count). The zero-order chi connectivity index (χ0) is 13.8. The van der Waals surface area contributed by atoms with Gasteiger partial charge in [-0.05, 0) is 29.5 Å². The average molecular weight is 255 g/mol. The summed E-state index contributed by atoms with van der Waals surface area (Å²) in [6.45, 7) is 6.92. The molecule has 0 bridgehead atoms. The summed E-state index contributed by atoms with van der Waals surface area (Å²) in [6.07, 6.45) is 0.657. The lowest BCUT2D eigenvalue weighted by molar-refractivity contribution is 0.196. The molecule has 1 aromatic carbocycles. The van der Waals surface area contributed by atoms with Gasteiger partial charge in [0.1, 0.15) is 0 Å². The molecule has 102 valence electrons. The zero-order valence-electron chi connectivity index (χ0n) is 11.2. The van der Waals surface area contributed by atoms with Crippen LogP contribution in [0.15, 0.2) is 18.2 Å². The summed E-state index contributed by atoms with van der Waals surface area (Å²) in [5, 5.41) is 21.5. The highest BCUT2D eigenvalue weighted by atomic mass is 19.1. The lowest BCUT2D eigenvalue weighted by Gasteiger charge is -2.31. The predicted octanol–water partition coefficient (Wildman–Crippen LogP) is 2.42. The maximum absolute atomic E-state index is 13.2. The van der Waals surface area contributed by atoms with Gasteiger partial charge in [0.25, 0.3) is 0 Å². The van der Waals surface area contributed by atoms with Gasteiger partial charge in [-0.2, -0.15) is 0 Å². The van der Waals surface area contributed by atoms with Gasteiger partial charge in [0.05, 0.1) is 0 Å². The summed E-state index contributed by atoms with van der Waals surface area (Å²) in [7, 11) is 0. The van der Waals surface area contributed by atoms with Crippen LogP contribution >= 0.6 is 0 Å². The van der Waals surface area contributed by atoms with Crippen molar-refractivity contribution >= 4 is 0 Å². The number of halogens is 1. The Morgan fingerprint density at radius 1 is 1.33 bits per heavy atom. The summed E-state index contributed by atoms with van der Waals surface area (Å²) in [4.78, 5) is 0. The lowest BCUT2D eigenvalue weighted by Crippen LogP contribution is -2.40. The zero-order valence-corrected chi connectivity index (χ0v) is 11.2. The summed E-state index contributed by atoms with van der Waals surface area (Å²) in [6, 6.07) is 4.51. The largest absolute Gasteiger partial charge is 0.505 e. The van der Waals surface area contributed by atoms with Crippen molar-refractivity contribution in [2.24, 2.45) is 5.41 Å². The number of phenols is 1. The molecule has 0 radical (unpaired) electrons. The molecule has 0 fully saturated rings. The molecule has 1 aromatic rings. The van der Waals surface area contributed by atoms with Gasteiger partial charge in [-0.25, -0.2) is 4.39 Å². The number of phenolic OH excluding ortho intramolecular Hbond substituents is 1. The van der Waals surface area contributed by atoms with E-state index in [0.717, 1.165) is 5.56 Å². The topological polar surface area (TPSA) is 52.5 Å². The van der Waals surface area contributed by atoms with Crippen molar-refractivity contribution in [3.63, 3.8) is 0 Å². The van der Waals surface area contributed by atoms with Gasteiger partial charge in [0.2, 0.25) is 0 Å². The maximum Gasteiger partial charge on any atom is 0.165 e. The number of benzene rings is 1. The maximum atomic E-state index is 13.2. The average Bonchev–Trinajstić information content (AvgIpc) is 2.27. The molecule has 0 aromatic heterocycles. The van der Waals surface area contributed by atoms with Crippen LogP contribution in [0.25, 0.3) is 0 Å². The Morgan fingerprint density at radius 3 is 2.50 bits per heavy atom. The number of aliphatic hydroxyl groups is 1. The summed E-state index contributed by atoms with van der Waals surface area (Å²) >= 11 is 0. The summed E-state index contributed by atoms with van der Waals surface area (Å²) < 4.78 is 13.2. The molecular formula is C14H22FNO2. The Bertz CT molecular complexity index is 388. The molecule has 0 amide bonds. The Kier molecular flexibility index (Phi) is 5.11. The quantitative estimate of drug-likeness (QED) is 0.757. The normalized spacial score (nSPS) is 13.6. The van der Waals surface area contributed by atoms with Gasteiger partial charge in [-0.15, -0.1) is 0 Å². The fourth-order valence-electron chi connectivity index (χ4n) is 1.87. The van der Waals surface area contributed by atoms with Crippen molar-refractivity contribution < 1.29 is 14.6 Å². The van der Waals surface area contributed by atoms with Crippen LogP contribution < -0.4 is 5.32 Å². The smallest absolute Gasteiger partial charge is 0.165 e. The van der Waals surface area contributed by atoms with E-state index in [0.29, 0.717) is 13.0 Å². The highest BCUT2D eigenvalue weighted by molar-refractivity contribution is 5.27. The van der Waals surface area contributed by atoms with Crippen LogP contribution in [-0.2, 0) is 6.54 Å². The van der Waals surface area contributed by atoms with Crippen LogP contribution in [0.5, 0.6) is 5.75 Å². The monoisotopic (exact) mass is 255 g/mol. The molecular weight excluding hydrogens is 233 g/mol. The Morgan fingerprint density at radius 2 is 2.00 bits per heavy atom. The van der Waals surface area contributed by atoms with Gasteiger partial charge < -0.3 is 15.5 Å². The highest BCUT2D eigenvalue weighted by Gasteiger charge is 2.23. The number of aliphatic hydroxyl groups excluding tert-OH is 1. The van der Waals surface area contributed by atoms with Gasteiger partial charge in [0, 0.05) is 19.2 Å². The van der Waals surface area contributed by atoms with Crippen LogP contribution in [0.2, 0.25) is 0 Å². The van der Waals surface area contributed by atoms with Crippen molar-refractivity contribution in [2.45, 2.75) is 39.8 Å². The van der Waals surface area contributed by atoms with E-state index >= 15 is 0 Å². The van der Waals surface area contributed by atoms with Gasteiger partial charge in [-0.3, -0.25) is 0 Å². The molecule has 1 atom stereocenters. The van der Waals surface area contributed by atoms with E-state index in [1.165, 1.54) is 12.1 Å². The van der Waals surface area contributed by atoms with E-state index in [2.05, 4.69) is 26.1 Å². The first-order chi connectivity index (χ1) is 8.34. The van der Waals surface area contributed by atoms with Crippen molar-refractivity contribution in [3.8, 4) is 5.75 Å². The first-order valence-electron chi connectivity index (χ1n) is 6.16. The van der Waals surface area contributed by atoms with Gasteiger partial charge in [-0.1, -0.05) is 26.8 Å². The second-order valence-electron chi connectivity index (χ2n) is 5.60. The number of nitrogens with one attached hydrogen (secondary N) is 1.